The highest BCUT2D eigenvalue weighted by atomic mass is 32.1. The first kappa shape index (κ1) is 25.1. The molecule has 1 aliphatic carbocycles. The first-order valence-electron chi connectivity index (χ1n) is 12.3. The number of hydrogen-bond donors (Lipinski definition) is 0. The molecule has 0 spiro atoms. The molecule has 34 heavy (non-hydrogen) atoms. The van der Waals surface area contributed by atoms with Gasteiger partial charge in [-0.3, -0.25) is 9.69 Å². The average Bonchev–Trinajstić information content (AvgIpc) is 3.24. The van der Waals surface area contributed by atoms with Crippen LogP contribution in [0.15, 0.2) is 18.7 Å². The maximum atomic E-state index is 13.0. The van der Waals surface area contributed by atoms with Crippen LogP contribution in [0, 0.1) is 11.8 Å². The molecule has 1 saturated carbocycles. The molecule has 1 aliphatic heterocycles. The summed E-state index contributed by atoms with van der Waals surface area (Å²) < 4.78 is 31.3. The van der Waals surface area contributed by atoms with Crippen LogP contribution in [-0.4, -0.2) is 51.3 Å². The number of rotatable bonds is 11. The van der Waals surface area contributed by atoms with Gasteiger partial charge in [-0.1, -0.05) is 24.2 Å². The van der Waals surface area contributed by atoms with Crippen LogP contribution in [0.1, 0.15) is 68.0 Å². The molecule has 9 heteroatoms. The topological polar surface area (TPSA) is 68.2 Å². The molecule has 0 aromatic carbocycles. The molecule has 0 unspecified atom stereocenters. The molecule has 6 nitrogen and oxygen atoms in total. The van der Waals surface area contributed by atoms with Crippen LogP contribution in [0.4, 0.5) is 8.78 Å². The molecule has 0 amide bonds. The highest BCUT2D eigenvalue weighted by Crippen LogP contribution is 2.34. The van der Waals surface area contributed by atoms with Gasteiger partial charge in [0.2, 0.25) is 0 Å². The van der Waals surface area contributed by atoms with Gasteiger partial charge in [0, 0.05) is 50.1 Å². The third kappa shape index (κ3) is 7.77. The maximum Gasteiger partial charge on any atom is 0.278 e. The number of carbonyl (C=O) groups is 1. The molecule has 2 aromatic heterocycles. The minimum Gasteiger partial charge on any atom is -0.464 e. The van der Waals surface area contributed by atoms with Gasteiger partial charge in [0.25, 0.3) is 11.1 Å². The number of carbonyl (C=O) groups excluding carboxylic acids is 1. The van der Waals surface area contributed by atoms with E-state index in [1.54, 1.807) is 12.4 Å². The van der Waals surface area contributed by atoms with Gasteiger partial charge in [-0.05, 0) is 56.0 Å². The van der Waals surface area contributed by atoms with Crippen LogP contribution in [0.3, 0.4) is 0 Å². The fourth-order valence-corrected chi connectivity index (χ4v) is 5.83. The van der Waals surface area contributed by atoms with Crippen LogP contribution in [-0.2, 0) is 24.2 Å². The zero-order valence-corrected chi connectivity index (χ0v) is 20.7. The number of aromatic nitrogens is 3. The molecule has 0 N–H and O–H groups in total. The average molecular weight is 493 g/mol. The number of thiazole rings is 1. The lowest BCUT2D eigenvalue weighted by molar-refractivity contribution is -0.120. The lowest BCUT2D eigenvalue weighted by atomic mass is 9.78. The molecular weight excluding hydrogens is 458 g/mol. The van der Waals surface area contributed by atoms with Crippen molar-refractivity contribution in [2.75, 3.05) is 19.7 Å². The van der Waals surface area contributed by atoms with Crippen molar-refractivity contribution in [3.63, 3.8) is 0 Å². The zero-order valence-electron chi connectivity index (χ0n) is 19.8. The number of alkyl halides is 2. The number of aryl methyl sites for hydroxylation is 1. The highest BCUT2D eigenvalue weighted by molar-refractivity contribution is 7.13. The van der Waals surface area contributed by atoms with E-state index in [9.17, 15) is 13.6 Å². The second-order valence-corrected chi connectivity index (χ2v) is 10.9. The molecule has 2 aliphatic rings. The Labute approximate surface area is 204 Å². The van der Waals surface area contributed by atoms with E-state index in [0.29, 0.717) is 29.7 Å². The second kappa shape index (κ2) is 11.6. The number of hydrogen-bond acceptors (Lipinski definition) is 7. The Kier molecular flexibility index (Phi) is 8.58. The smallest absolute Gasteiger partial charge is 0.278 e. The van der Waals surface area contributed by atoms with Crippen molar-refractivity contribution in [3.05, 3.63) is 34.9 Å². The van der Waals surface area contributed by atoms with E-state index in [-0.39, 0.29) is 0 Å². The van der Waals surface area contributed by atoms with Crippen molar-refractivity contribution in [2.45, 2.75) is 77.2 Å². The summed E-state index contributed by atoms with van der Waals surface area (Å²) >= 11 is 1.40. The van der Waals surface area contributed by atoms with Gasteiger partial charge in [-0.15, -0.1) is 0 Å². The third-order valence-electron chi connectivity index (χ3n) is 6.88. The van der Waals surface area contributed by atoms with E-state index in [1.807, 2.05) is 0 Å². The van der Waals surface area contributed by atoms with E-state index in [4.69, 9.17) is 4.74 Å². The van der Waals surface area contributed by atoms with Gasteiger partial charge in [0.05, 0.1) is 5.69 Å². The number of Topliss-reactive ketones (excluding diaryl/α,β-unsaturated/α-hetero) is 1. The molecule has 0 bridgehead atoms. The number of ketones is 1. The molecule has 4 rings (SSSR count). The van der Waals surface area contributed by atoms with Crippen LogP contribution in [0.2, 0.25) is 0 Å². The summed E-state index contributed by atoms with van der Waals surface area (Å²) in [6.45, 7) is 3.02. The van der Waals surface area contributed by atoms with Gasteiger partial charge in [-0.25, -0.2) is 23.7 Å². The Morgan fingerprint density at radius 1 is 1.21 bits per heavy atom. The fourth-order valence-electron chi connectivity index (χ4n) is 4.93. The number of halogens is 2. The van der Waals surface area contributed by atoms with Crippen LogP contribution >= 0.6 is 11.3 Å². The zero-order chi connectivity index (χ0) is 24.0. The molecule has 3 heterocycles. The molecule has 2 aromatic rings. The Hall–Kier alpha value is -2.00. The van der Waals surface area contributed by atoms with Crippen LogP contribution in [0.5, 0.6) is 5.19 Å². The van der Waals surface area contributed by atoms with E-state index in [0.717, 1.165) is 74.3 Å². The van der Waals surface area contributed by atoms with Crippen molar-refractivity contribution in [2.24, 2.45) is 11.8 Å². The Bertz CT molecular complexity index is 927. The van der Waals surface area contributed by atoms with Crippen molar-refractivity contribution in [1.82, 2.24) is 19.9 Å². The van der Waals surface area contributed by atoms with Crippen molar-refractivity contribution in [3.8, 4) is 5.19 Å². The van der Waals surface area contributed by atoms with E-state index in [1.165, 1.54) is 36.9 Å². The Morgan fingerprint density at radius 3 is 2.68 bits per heavy atom. The summed E-state index contributed by atoms with van der Waals surface area (Å²) in [5.41, 5.74) is 2.00. The summed E-state index contributed by atoms with van der Waals surface area (Å²) in [6, 6.07) is 0. The van der Waals surface area contributed by atoms with Crippen molar-refractivity contribution in [1.29, 1.82) is 0 Å². The van der Waals surface area contributed by atoms with Crippen molar-refractivity contribution < 1.29 is 18.3 Å². The molecule has 0 saturated heterocycles. The SMILES string of the molecule is CC(F)(F)COc1nc2c(s1)CCN(CCC1CCC(CC(=O)CCc3cncnc3)CC1)C2. The van der Waals surface area contributed by atoms with Gasteiger partial charge < -0.3 is 4.74 Å². The summed E-state index contributed by atoms with van der Waals surface area (Å²) in [6.07, 6.45) is 13.8. The summed E-state index contributed by atoms with van der Waals surface area (Å²) in [7, 11) is 0. The molecule has 186 valence electrons. The van der Waals surface area contributed by atoms with Gasteiger partial charge in [0.1, 0.15) is 12.1 Å². The monoisotopic (exact) mass is 492 g/mol. The normalized spacial score (nSPS) is 21.3. The number of nitrogens with zero attached hydrogens (tertiary/aromatic N) is 4. The summed E-state index contributed by atoms with van der Waals surface area (Å²) in [4.78, 5) is 28.4. The highest BCUT2D eigenvalue weighted by Gasteiger charge is 2.27. The quantitative estimate of drug-likeness (QED) is 0.434. The summed E-state index contributed by atoms with van der Waals surface area (Å²) in [5, 5.41) is 0.360. The lowest BCUT2D eigenvalue weighted by Gasteiger charge is -2.31. The molecular formula is C25H34F2N4O2S. The number of fused-ring (bicyclic) bond motifs is 1. The van der Waals surface area contributed by atoms with E-state index in [2.05, 4.69) is 19.9 Å². The van der Waals surface area contributed by atoms with Gasteiger partial charge in [-0.2, -0.15) is 0 Å². The predicted molar refractivity (Wildman–Crippen MR) is 127 cm³/mol. The molecule has 0 atom stereocenters. The first-order valence-corrected chi connectivity index (χ1v) is 13.1. The maximum absolute atomic E-state index is 13.0. The van der Waals surface area contributed by atoms with E-state index < -0.39 is 12.5 Å². The van der Waals surface area contributed by atoms with Gasteiger partial charge in [0.15, 0.2) is 6.61 Å². The Morgan fingerprint density at radius 2 is 1.94 bits per heavy atom. The van der Waals surface area contributed by atoms with Crippen molar-refractivity contribution >= 4 is 17.1 Å². The van der Waals surface area contributed by atoms with Crippen LogP contribution in [0.25, 0.3) is 0 Å². The minimum atomic E-state index is -2.85. The lowest BCUT2D eigenvalue weighted by Crippen LogP contribution is -2.32. The number of ether oxygens (including phenoxy) is 1. The molecule has 1 fully saturated rings. The molecule has 0 radical (unpaired) electrons. The fraction of sp³-hybridized carbons (Fsp3) is 0.680. The minimum absolute atomic E-state index is 0.352. The predicted octanol–water partition coefficient (Wildman–Crippen LogP) is 5.11. The van der Waals surface area contributed by atoms with Gasteiger partial charge >= 0.3 is 0 Å². The largest absolute Gasteiger partial charge is 0.464 e. The second-order valence-electron chi connectivity index (χ2n) is 9.90. The standard InChI is InChI=1S/C25H34F2N4O2S/c1-25(26,27)16-33-24-30-22-15-31(11-9-23(22)34-24)10-8-18-2-4-19(5-3-18)12-21(32)7-6-20-13-28-17-29-14-20/h13-14,17-19H,2-12,15-16H2,1H3. The van der Waals surface area contributed by atoms with Crippen LogP contribution < -0.4 is 4.74 Å². The third-order valence-corrected chi connectivity index (χ3v) is 7.95. The first-order chi connectivity index (χ1) is 16.3. The Balaban J connectivity index is 1.13. The van der Waals surface area contributed by atoms with E-state index >= 15 is 0 Å². The summed E-state index contributed by atoms with van der Waals surface area (Å²) in [5.74, 6) is -1.25.